The number of nitrogens with zero attached hydrogens (tertiary/aromatic N) is 1. The van der Waals surface area contributed by atoms with Crippen molar-refractivity contribution in [2.24, 2.45) is 0 Å². The predicted molar refractivity (Wildman–Crippen MR) is 61.8 cm³/mol. The topological polar surface area (TPSA) is 15.3 Å². The molecular weight excluding hydrogens is 172 g/mol. The van der Waals surface area contributed by atoms with Gasteiger partial charge in [-0.25, -0.2) is 5.01 Å². The van der Waals surface area contributed by atoms with Crippen LogP contribution in [0.2, 0.25) is 0 Å². The van der Waals surface area contributed by atoms with Crippen LogP contribution >= 0.6 is 0 Å². The normalized spacial score (nSPS) is 13.7. The van der Waals surface area contributed by atoms with Crippen LogP contribution in [-0.2, 0) is 0 Å². The molecule has 1 aromatic carbocycles. The number of hydrogen-bond acceptors (Lipinski definition) is 2. The van der Waals surface area contributed by atoms with Gasteiger partial charge >= 0.3 is 0 Å². The zero-order chi connectivity index (χ0) is 10.4. The minimum atomic E-state index is 0.389. The Labute approximate surface area is 86.2 Å². The molecule has 0 heterocycles. The van der Waals surface area contributed by atoms with Crippen molar-refractivity contribution in [3.63, 3.8) is 0 Å². The summed E-state index contributed by atoms with van der Waals surface area (Å²) < 4.78 is 0. The Morgan fingerprint density at radius 1 is 1.29 bits per heavy atom. The SMILES string of the molecule is CNN(C)C(C)/C=C/c1ccccc1. The van der Waals surface area contributed by atoms with Gasteiger partial charge in [0.2, 0.25) is 0 Å². The van der Waals surface area contributed by atoms with Crippen LogP contribution in [0.25, 0.3) is 6.08 Å². The van der Waals surface area contributed by atoms with Crippen molar-refractivity contribution in [2.75, 3.05) is 14.1 Å². The van der Waals surface area contributed by atoms with Gasteiger partial charge in [0.25, 0.3) is 0 Å². The first-order valence-corrected chi connectivity index (χ1v) is 4.87. The molecule has 14 heavy (non-hydrogen) atoms. The highest BCUT2D eigenvalue weighted by atomic mass is 15.5. The van der Waals surface area contributed by atoms with Crippen LogP contribution in [0, 0.1) is 0 Å². The molecule has 0 aliphatic carbocycles. The molecule has 0 fully saturated rings. The highest BCUT2D eigenvalue weighted by Gasteiger charge is 2.00. The van der Waals surface area contributed by atoms with Gasteiger partial charge in [0.1, 0.15) is 0 Å². The van der Waals surface area contributed by atoms with Crippen molar-refractivity contribution in [2.45, 2.75) is 13.0 Å². The van der Waals surface area contributed by atoms with Crippen LogP contribution in [0.3, 0.4) is 0 Å². The maximum atomic E-state index is 3.08. The van der Waals surface area contributed by atoms with Gasteiger partial charge in [0.05, 0.1) is 0 Å². The fourth-order valence-electron chi connectivity index (χ4n) is 1.15. The van der Waals surface area contributed by atoms with Crippen LogP contribution in [0.15, 0.2) is 36.4 Å². The van der Waals surface area contributed by atoms with E-state index in [2.05, 4.69) is 41.6 Å². The molecule has 0 spiro atoms. The number of hydrogen-bond donors (Lipinski definition) is 1. The number of rotatable bonds is 4. The standard InChI is InChI=1S/C12H18N2/c1-11(14(3)13-2)9-10-12-7-5-4-6-8-12/h4-11,13H,1-3H3/b10-9+. The van der Waals surface area contributed by atoms with Crippen molar-refractivity contribution < 1.29 is 0 Å². The largest absolute Gasteiger partial charge is 0.258 e. The summed E-state index contributed by atoms with van der Waals surface area (Å²) in [7, 11) is 3.95. The Morgan fingerprint density at radius 3 is 2.50 bits per heavy atom. The summed E-state index contributed by atoms with van der Waals surface area (Å²) in [5.74, 6) is 0. The van der Waals surface area contributed by atoms with E-state index < -0.39 is 0 Å². The van der Waals surface area contributed by atoms with Gasteiger partial charge in [0, 0.05) is 13.1 Å². The quantitative estimate of drug-likeness (QED) is 0.732. The van der Waals surface area contributed by atoms with Crippen molar-refractivity contribution in [1.82, 2.24) is 10.4 Å². The Kier molecular flexibility index (Phi) is 4.36. The maximum Gasteiger partial charge on any atom is 0.0395 e. The molecule has 1 atom stereocenters. The Hall–Kier alpha value is -1.12. The second-order valence-electron chi connectivity index (χ2n) is 3.34. The summed E-state index contributed by atoms with van der Waals surface area (Å²) in [4.78, 5) is 0. The average molecular weight is 190 g/mol. The van der Waals surface area contributed by atoms with Gasteiger partial charge in [-0.15, -0.1) is 0 Å². The van der Waals surface area contributed by atoms with Gasteiger partial charge in [0.15, 0.2) is 0 Å². The van der Waals surface area contributed by atoms with E-state index in [-0.39, 0.29) is 0 Å². The molecule has 0 saturated heterocycles. The van der Waals surface area contributed by atoms with Gasteiger partial charge in [-0.05, 0) is 19.5 Å². The molecule has 76 valence electrons. The van der Waals surface area contributed by atoms with Gasteiger partial charge in [-0.1, -0.05) is 42.5 Å². The average Bonchev–Trinajstić information content (AvgIpc) is 2.26. The molecular formula is C12H18N2. The van der Waals surface area contributed by atoms with Crippen LogP contribution in [0.5, 0.6) is 0 Å². The molecule has 0 aliphatic heterocycles. The predicted octanol–water partition coefficient (Wildman–Crippen LogP) is 2.15. The first kappa shape index (κ1) is 11.0. The zero-order valence-electron chi connectivity index (χ0n) is 9.07. The van der Waals surface area contributed by atoms with Crippen molar-refractivity contribution >= 4 is 6.08 Å². The van der Waals surface area contributed by atoms with Crippen LogP contribution < -0.4 is 5.43 Å². The molecule has 0 amide bonds. The summed E-state index contributed by atoms with van der Waals surface area (Å²) >= 11 is 0. The van der Waals surface area contributed by atoms with Gasteiger partial charge < -0.3 is 0 Å². The summed E-state index contributed by atoms with van der Waals surface area (Å²) in [6.07, 6.45) is 4.31. The fraction of sp³-hybridized carbons (Fsp3) is 0.333. The molecule has 1 aromatic rings. The van der Waals surface area contributed by atoms with E-state index >= 15 is 0 Å². The first-order valence-electron chi connectivity index (χ1n) is 4.87. The lowest BCUT2D eigenvalue weighted by atomic mass is 10.2. The molecule has 0 aromatic heterocycles. The molecule has 2 nitrogen and oxygen atoms in total. The molecule has 0 bridgehead atoms. The lowest BCUT2D eigenvalue weighted by molar-refractivity contribution is 0.227. The van der Waals surface area contributed by atoms with E-state index in [0.29, 0.717) is 6.04 Å². The van der Waals surface area contributed by atoms with Gasteiger partial charge in [-0.3, -0.25) is 5.43 Å². The van der Waals surface area contributed by atoms with E-state index in [9.17, 15) is 0 Å². The Morgan fingerprint density at radius 2 is 1.93 bits per heavy atom. The molecule has 0 radical (unpaired) electrons. The Balaban J connectivity index is 2.56. The molecule has 1 N–H and O–H groups in total. The highest BCUT2D eigenvalue weighted by molar-refractivity contribution is 5.49. The lowest BCUT2D eigenvalue weighted by Crippen LogP contribution is -2.37. The van der Waals surface area contributed by atoms with Crippen LogP contribution in [-0.4, -0.2) is 25.1 Å². The van der Waals surface area contributed by atoms with E-state index in [4.69, 9.17) is 0 Å². The summed E-state index contributed by atoms with van der Waals surface area (Å²) in [5, 5.41) is 2.06. The second-order valence-corrected chi connectivity index (χ2v) is 3.34. The van der Waals surface area contributed by atoms with E-state index in [1.54, 1.807) is 0 Å². The molecule has 1 unspecified atom stereocenters. The van der Waals surface area contributed by atoms with E-state index in [1.807, 2.05) is 32.3 Å². The Bertz CT molecular complexity index is 280. The van der Waals surface area contributed by atoms with E-state index in [0.717, 1.165) is 0 Å². The summed E-state index contributed by atoms with van der Waals surface area (Å²) in [5.41, 5.74) is 4.32. The fourth-order valence-corrected chi connectivity index (χ4v) is 1.15. The minimum absolute atomic E-state index is 0.389. The third-order valence-corrected chi connectivity index (χ3v) is 2.33. The zero-order valence-corrected chi connectivity index (χ0v) is 9.07. The minimum Gasteiger partial charge on any atom is -0.258 e. The second kappa shape index (κ2) is 5.58. The van der Waals surface area contributed by atoms with Crippen molar-refractivity contribution in [3.8, 4) is 0 Å². The van der Waals surface area contributed by atoms with Crippen LogP contribution in [0.4, 0.5) is 0 Å². The monoisotopic (exact) mass is 190 g/mol. The first-order chi connectivity index (χ1) is 6.74. The lowest BCUT2D eigenvalue weighted by Gasteiger charge is -2.20. The number of hydrazine groups is 1. The molecule has 0 aliphatic rings. The summed E-state index contributed by atoms with van der Waals surface area (Å²) in [6.45, 7) is 2.15. The number of likely N-dealkylation sites (N-methyl/N-ethyl adjacent to an activating group) is 1. The van der Waals surface area contributed by atoms with E-state index in [1.165, 1.54) is 5.56 Å². The molecule has 0 saturated carbocycles. The number of nitrogens with one attached hydrogen (secondary N) is 1. The number of benzene rings is 1. The van der Waals surface area contributed by atoms with Crippen LogP contribution in [0.1, 0.15) is 12.5 Å². The smallest absolute Gasteiger partial charge is 0.0395 e. The molecule has 1 rings (SSSR count). The van der Waals surface area contributed by atoms with Crippen molar-refractivity contribution in [3.05, 3.63) is 42.0 Å². The van der Waals surface area contributed by atoms with Gasteiger partial charge in [-0.2, -0.15) is 0 Å². The highest BCUT2D eigenvalue weighted by Crippen LogP contribution is 2.03. The maximum absolute atomic E-state index is 3.08. The van der Waals surface area contributed by atoms with Crippen molar-refractivity contribution in [1.29, 1.82) is 0 Å². The molecule has 2 heteroatoms. The summed E-state index contributed by atoms with van der Waals surface area (Å²) in [6, 6.07) is 10.7. The third kappa shape index (κ3) is 3.32. The third-order valence-electron chi connectivity index (χ3n) is 2.33.